The molecule has 1 aromatic heterocycles. The molecule has 0 saturated heterocycles. The number of carbonyl (C=O) groups excluding carboxylic acids is 1. The maximum atomic E-state index is 11.1. The minimum absolute atomic E-state index is 0.536. The van der Waals surface area contributed by atoms with Crippen LogP contribution in [0.3, 0.4) is 0 Å². The van der Waals surface area contributed by atoms with Gasteiger partial charge < -0.3 is 5.73 Å². The molecule has 0 spiro atoms. The Bertz CT molecular complexity index is 645. The lowest BCUT2D eigenvalue weighted by Crippen LogP contribution is -2.21. The number of halogens is 1. The van der Waals surface area contributed by atoms with Gasteiger partial charge in [-0.15, -0.1) is 5.11 Å². The summed E-state index contributed by atoms with van der Waals surface area (Å²) in [5.41, 5.74) is 7.54. The number of amides is 1. The first kappa shape index (κ1) is 13.2. The number of hydrogen-bond acceptors (Lipinski definition) is 4. The summed E-state index contributed by atoms with van der Waals surface area (Å²) in [6, 6.07) is 6.29. The van der Waals surface area contributed by atoms with E-state index in [9.17, 15) is 4.79 Å². The van der Waals surface area contributed by atoms with Crippen molar-refractivity contribution in [2.45, 2.75) is 13.8 Å². The third-order valence-electron chi connectivity index (χ3n) is 2.55. The van der Waals surface area contributed by atoms with E-state index in [4.69, 9.17) is 17.3 Å². The van der Waals surface area contributed by atoms with Crippen LogP contribution < -0.4 is 5.73 Å². The van der Waals surface area contributed by atoms with Crippen molar-refractivity contribution in [2.75, 3.05) is 0 Å². The predicted octanol–water partition coefficient (Wildman–Crippen LogP) is 3.50. The Balaban J connectivity index is 2.33. The summed E-state index contributed by atoms with van der Waals surface area (Å²) >= 11 is 5.78. The Labute approximate surface area is 114 Å². The van der Waals surface area contributed by atoms with Gasteiger partial charge in [-0.1, -0.05) is 11.6 Å². The van der Waals surface area contributed by atoms with Crippen LogP contribution in [0.4, 0.5) is 16.2 Å². The number of nitrogens with zero attached hydrogens (tertiary/aromatic N) is 4. The van der Waals surface area contributed by atoms with Crippen LogP contribution in [0.25, 0.3) is 0 Å². The highest BCUT2D eigenvalue weighted by Crippen LogP contribution is 2.25. The topological polar surface area (TPSA) is 85.6 Å². The number of azo groups is 1. The molecule has 1 amide bonds. The highest BCUT2D eigenvalue weighted by molar-refractivity contribution is 6.30. The first-order chi connectivity index (χ1) is 8.99. The van der Waals surface area contributed by atoms with Gasteiger partial charge in [0.1, 0.15) is 5.69 Å². The summed E-state index contributed by atoms with van der Waals surface area (Å²) in [5, 5.41) is 12.8. The minimum atomic E-state index is -0.645. The smallest absolute Gasteiger partial charge is 0.339 e. The number of aryl methyl sites for hydroxylation is 1. The zero-order valence-corrected chi connectivity index (χ0v) is 11.2. The lowest BCUT2D eigenvalue weighted by molar-refractivity contribution is 0.247. The van der Waals surface area contributed by atoms with Crippen LogP contribution in [0.5, 0.6) is 0 Å². The van der Waals surface area contributed by atoms with Crippen molar-refractivity contribution in [1.29, 1.82) is 0 Å². The van der Waals surface area contributed by atoms with E-state index >= 15 is 0 Å². The van der Waals surface area contributed by atoms with Crippen molar-refractivity contribution in [3.63, 3.8) is 0 Å². The Morgan fingerprint density at radius 3 is 2.42 bits per heavy atom. The van der Waals surface area contributed by atoms with E-state index < -0.39 is 6.03 Å². The second-order valence-electron chi connectivity index (χ2n) is 3.95. The van der Waals surface area contributed by atoms with E-state index in [1.54, 1.807) is 38.1 Å². The molecule has 0 bridgehead atoms. The average Bonchev–Trinajstić information content (AvgIpc) is 2.65. The third kappa shape index (κ3) is 2.79. The van der Waals surface area contributed by atoms with Crippen LogP contribution in [-0.4, -0.2) is 15.8 Å². The van der Waals surface area contributed by atoms with Gasteiger partial charge in [-0.3, -0.25) is 0 Å². The predicted molar refractivity (Wildman–Crippen MR) is 72.3 cm³/mol. The summed E-state index contributed by atoms with van der Waals surface area (Å²) in [6.45, 7) is 3.45. The molecule has 7 heteroatoms. The molecule has 0 aliphatic rings. The highest BCUT2D eigenvalue weighted by Gasteiger charge is 2.13. The molecule has 98 valence electrons. The molecule has 0 saturated carbocycles. The Kier molecular flexibility index (Phi) is 3.62. The van der Waals surface area contributed by atoms with Gasteiger partial charge in [-0.2, -0.15) is 14.9 Å². The van der Waals surface area contributed by atoms with Crippen LogP contribution in [0.1, 0.15) is 11.4 Å². The molecule has 0 atom stereocenters. The highest BCUT2D eigenvalue weighted by atomic mass is 35.5. The Morgan fingerprint density at radius 2 is 1.89 bits per heavy atom. The zero-order chi connectivity index (χ0) is 14.0. The van der Waals surface area contributed by atoms with Crippen molar-refractivity contribution >= 4 is 29.0 Å². The molecule has 0 radical (unpaired) electrons. The second kappa shape index (κ2) is 5.19. The van der Waals surface area contributed by atoms with Gasteiger partial charge in [0, 0.05) is 5.02 Å². The number of primary amides is 1. The molecule has 2 aromatic rings. The van der Waals surface area contributed by atoms with Crippen LogP contribution in [-0.2, 0) is 0 Å². The van der Waals surface area contributed by atoms with Gasteiger partial charge in [-0.25, -0.2) is 4.79 Å². The third-order valence-corrected chi connectivity index (χ3v) is 2.81. The van der Waals surface area contributed by atoms with Gasteiger partial charge in [0.05, 0.1) is 17.1 Å². The molecule has 0 aliphatic carbocycles. The first-order valence-electron chi connectivity index (χ1n) is 5.52. The van der Waals surface area contributed by atoms with Crippen molar-refractivity contribution in [3.05, 3.63) is 40.7 Å². The average molecular weight is 278 g/mol. The summed E-state index contributed by atoms with van der Waals surface area (Å²) < 4.78 is 1.10. The van der Waals surface area contributed by atoms with Crippen LogP contribution in [0.15, 0.2) is 34.5 Å². The van der Waals surface area contributed by atoms with E-state index in [0.717, 1.165) is 4.68 Å². The molecular formula is C12H12ClN5O. The monoisotopic (exact) mass is 277 g/mol. The Hall–Kier alpha value is -2.21. The second-order valence-corrected chi connectivity index (χ2v) is 4.38. The van der Waals surface area contributed by atoms with E-state index in [1.807, 2.05) is 0 Å². The van der Waals surface area contributed by atoms with E-state index in [1.165, 1.54) is 0 Å². The molecule has 6 nitrogen and oxygen atoms in total. The molecule has 2 rings (SSSR count). The number of nitrogens with two attached hydrogens (primary N) is 1. The lowest BCUT2D eigenvalue weighted by Gasteiger charge is -1.96. The van der Waals surface area contributed by atoms with Gasteiger partial charge >= 0.3 is 6.03 Å². The SMILES string of the molecule is Cc1nn(C(N)=O)c(C)c1N=Nc1ccc(Cl)cc1. The van der Waals surface area contributed by atoms with E-state index in [-0.39, 0.29) is 0 Å². The molecular weight excluding hydrogens is 266 g/mol. The Morgan fingerprint density at radius 1 is 1.26 bits per heavy atom. The molecule has 2 N–H and O–H groups in total. The normalized spacial score (nSPS) is 11.1. The quantitative estimate of drug-likeness (QED) is 0.852. The summed E-state index contributed by atoms with van der Waals surface area (Å²) in [4.78, 5) is 11.1. The lowest BCUT2D eigenvalue weighted by atomic mass is 10.3. The summed E-state index contributed by atoms with van der Waals surface area (Å²) in [6.07, 6.45) is 0. The van der Waals surface area contributed by atoms with E-state index in [0.29, 0.717) is 27.8 Å². The maximum absolute atomic E-state index is 11.1. The molecule has 1 aromatic carbocycles. The van der Waals surface area contributed by atoms with Crippen molar-refractivity contribution in [1.82, 2.24) is 9.78 Å². The fourth-order valence-electron chi connectivity index (χ4n) is 1.61. The standard InChI is InChI=1S/C12H12ClN5O/c1-7-11(8(2)18(17-7)12(14)19)16-15-10-5-3-9(13)4-6-10/h3-6H,1-2H3,(H2,14,19). The number of aromatic nitrogens is 2. The summed E-state index contributed by atoms with van der Waals surface area (Å²) in [5.74, 6) is 0. The van der Waals surface area contributed by atoms with Crippen molar-refractivity contribution < 1.29 is 4.79 Å². The van der Waals surface area contributed by atoms with Crippen molar-refractivity contribution in [3.8, 4) is 0 Å². The van der Waals surface area contributed by atoms with Crippen LogP contribution in [0, 0.1) is 13.8 Å². The number of rotatable bonds is 2. The fourth-order valence-corrected chi connectivity index (χ4v) is 1.74. The van der Waals surface area contributed by atoms with Crippen LogP contribution in [0.2, 0.25) is 5.02 Å². The van der Waals surface area contributed by atoms with Gasteiger partial charge in [0.25, 0.3) is 0 Å². The van der Waals surface area contributed by atoms with Crippen molar-refractivity contribution in [2.24, 2.45) is 16.0 Å². The molecule has 1 heterocycles. The van der Waals surface area contributed by atoms with E-state index in [2.05, 4.69) is 15.3 Å². The largest absolute Gasteiger partial charge is 0.350 e. The minimum Gasteiger partial charge on any atom is -0.350 e. The first-order valence-corrected chi connectivity index (χ1v) is 5.90. The zero-order valence-electron chi connectivity index (χ0n) is 10.5. The molecule has 19 heavy (non-hydrogen) atoms. The van der Waals surface area contributed by atoms with Gasteiger partial charge in [0.2, 0.25) is 0 Å². The molecule has 0 aliphatic heterocycles. The number of hydrogen-bond donors (Lipinski definition) is 1. The molecule has 0 fully saturated rings. The van der Waals surface area contributed by atoms with Gasteiger partial charge in [-0.05, 0) is 38.1 Å². The van der Waals surface area contributed by atoms with Crippen LogP contribution >= 0.6 is 11.6 Å². The fraction of sp³-hybridized carbons (Fsp3) is 0.167. The number of carbonyl (C=O) groups is 1. The number of benzene rings is 1. The molecule has 0 unspecified atom stereocenters. The van der Waals surface area contributed by atoms with Gasteiger partial charge in [0.15, 0.2) is 0 Å². The maximum Gasteiger partial charge on any atom is 0.339 e. The summed E-state index contributed by atoms with van der Waals surface area (Å²) in [7, 11) is 0.